The second-order valence-electron chi connectivity index (χ2n) is 6.21. The molecule has 0 bridgehead atoms. The van der Waals surface area contributed by atoms with Gasteiger partial charge in [-0.1, -0.05) is 0 Å². The minimum atomic E-state index is -0.131. The van der Waals surface area contributed by atoms with Crippen LogP contribution in [0.1, 0.15) is 32.8 Å². The van der Waals surface area contributed by atoms with Gasteiger partial charge in [-0.2, -0.15) is 0 Å². The number of hydrogen-bond donors (Lipinski definition) is 0. The Hall–Kier alpha value is -2.86. The summed E-state index contributed by atoms with van der Waals surface area (Å²) in [7, 11) is 0. The zero-order valence-electron chi connectivity index (χ0n) is 15.3. The third-order valence-electron chi connectivity index (χ3n) is 4.05. The van der Waals surface area contributed by atoms with Gasteiger partial charge in [-0.15, -0.1) is 11.3 Å². The predicted molar refractivity (Wildman–Crippen MR) is 104 cm³/mol. The number of Topliss-reactive ketones (excluding diaryl/α,β-unsaturated/α-hetero) is 1. The number of ketones is 1. The number of nitrogens with zero attached hydrogens (tertiary/aromatic N) is 1. The van der Waals surface area contributed by atoms with Crippen LogP contribution < -0.4 is 4.74 Å². The first-order valence-electron chi connectivity index (χ1n) is 8.60. The highest BCUT2D eigenvalue weighted by Crippen LogP contribution is 2.19. The number of rotatable bonds is 8. The summed E-state index contributed by atoms with van der Waals surface area (Å²) in [5.41, 5.74) is 0.612. The van der Waals surface area contributed by atoms with E-state index in [2.05, 4.69) is 0 Å². The second-order valence-corrected chi connectivity index (χ2v) is 7.58. The smallest absolute Gasteiger partial charge is 0.261 e. The Balaban J connectivity index is 1.65. The molecule has 1 aromatic carbocycles. The minimum absolute atomic E-state index is 0.00603. The summed E-state index contributed by atoms with van der Waals surface area (Å²) in [6.07, 6.45) is 1.60. The van der Waals surface area contributed by atoms with Crippen molar-refractivity contribution in [3.8, 4) is 5.75 Å². The fraction of sp³-hybridized carbons (Fsp3) is 0.238. The van der Waals surface area contributed by atoms with Gasteiger partial charge in [0.05, 0.1) is 19.4 Å². The van der Waals surface area contributed by atoms with Gasteiger partial charge in [0.25, 0.3) is 5.91 Å². The number of furan rings is 1. The first kappa shape index (κ1) is 18.9. The van der Waals surface area contributed by atoms with E-state index in [9.17, 15) is 9.59 Å². The van der Waals surface area contributed by atoms with Gasteiger partial charge < -0.3 is 14.1 Å². The van der Waals surface area contributed by atoms with Crippen molar-refractivity contribution < 1.29 is 18.7 Å². The molecule has 140 valence electrons. The summed E-state index contributed by atoms with van der Waals surface area (Å²) in [6.45, 7) is 4.36. The Morgan fingerprint density at radius 2 is 1.85 bits per heavy atom. The lowest BCUT2D eigenvalue weighted by atomic mass is 10.1. The van der Waals surface area contributed by atoms with Crippen molar-refractivity contribution in [2.24, 2.45) is 0 Å². The Morgan fingerprint density at radius 1 is 1.07 bits per heavy atom. The van der Waals surface area contributed by atoms with Gasteiger partial charge in [0.1, 0.15) is 11.5 Å². The van der Waals surface area contributed by atoms with Crippen molar-refractivity contribution in [2.45, 2.75) is 26.9 Å². The monoisotopic (exact) mass is 383 g/mol. The molecule has 0 unspecified atom stereocenters. The average Bonchev–Trinajstić information content (AvgIpc) is 3.31. The number of amides is 1. The van der Waals surface area contributed by atoms with Gasteiger partial charge in [0.2, 0.25) is 0 Å². The molecule has 0 atom stereocenters. The summed E-state index contributed by atoms with van der Waals surface area (Å²) in [4.78, 5) is 28.1. The number of hydrogen-bond acceptors (Lipinski definition) is 5. The van der Waals surface area contributed by atoms with E-state index in [0.29, 0.717) is 24.4 Å². The zero-order chi connectivity index (χ0) is 19.2. The van der Waals surface area contributed by atoms with Crippen LogP contribution in [-0.2, 0) is 17.9 Å². The van der Waals surface area contributed by atoms with E-state index >= 15 is 0 Å². The number of carbonyl (C=O) groups excluding carboxylic acids is 2. The molecular formula is C21H21NO4S. The summed E-state index contributed by atoms with van der Waals surface area (Å²) >= 11 is 1.67. The highest BCUT2D eigenvalue weighted by molar-refractivity contribution is 7.11. The molecule has 0 aliphatic heterocycles. The van der Waals surface area contributed by atoms with E-state index < -0.39 is 0 Å². The van der Waals surface area contributed by atoms with E-state index in [-0.39, 0.29) is 18.3 Å². The minimum Gasteiger partial charge on any atom is -0.484 e. The summed E-state index contributed by atoms with van der Waals surface area (Å²) in [6, 6.07) is 14.5. The SMILES string of the molecule is CC(=O)c1ccc(OCC(=O)N(Cc2ccco2)Cc2ccc(C)s2)cc1. The van der Waals surface area contributed by atoms with E-state index in [0.717, 1.165) is 10.6 Å². The molecule has 0 saturated heterocycles. The summed E-state index contributed by atoms with van der Waals surface area (Å²) in [5.74, 6) is 1.14. The molecule has 0 aliphatic rings. The average molecular weight is 383 g/mol. The van der Waals surface area contributed by atoms with Crippen molar-refractivity contribution in [2.75, 3.05) is 6.61 Å². The van der Waals surface area contributed by atoms with Crippen molar-refractivity contribution in [3.05, 3.63) is 75.9 Å². The quantitative estimate of drug-likeness (QED) is 0.539. The molecule has 0 radical (unpaired) electrons. The van der Waals surface area contributed by atoms with Crippen LogP contribution in [0.15, 0.2) is 59.2 Å². The van der Waals surface area contributed by atoms with Gasteiger partial charge in [0.15, 0.2) is 12.4 Å². The predicted octanol–water partition coefficient (Wildman–Crippen LogP) is 4.46. The van der Waals surface area contributed by atoms with Crippen LogP contribution in [0.4, 0.5) is 0 Å². The Morgan fingerprint density at radius 3 is 2.44 bits per heavy atom. The topological polar surface area (TPSA) is 59.8 Å². The molecule has 1 amide bonds. The molecule has 0 fully saturated rings. The molecule has 5 nitrogen and oxygen atoms in total. The Labute approximate surface area is 162 Å². The van der Waals surface area contributed by atoms with E-state index in [1.54, 1.807) is 52.8 Å². The van der Waals surface area contributed by atoms with Crippen LogP contribution in [0.2, 0.25) is 0 Å². The summed E-state index contributed by atoms with van der Waals surface area (Å²) in [5, 5.41) is 0. The van der Waals surface area contributed by atoms with Crippen molar-refractivity contribution >= 4 is 23.0 Å². The van der Waals surface area contributed by atoms with Gasteiger partial charge in [-0.25, -0.2) is 0 Å². The number of carbonyl (C=O) groups is 2. The van der Waals surface area contributed by atoms with Gasteiger partial charge >= 0.3 is 0 Å². The van der Waals surface area contributed by atoms with Gasteiger partial charge in [-0.3, -0.25) is 9.59 Å². The number of benzene rings is 1. The number of ether oxygens (including phenoxy) is 1. The maximum absolute atomic E-state index is 12.7. The second kappa shape index (κ2) is 8.68. The molecule has 0 spiro atoms. The van der Waals surface area contributed by atoms with E-state index in [1.807, 2.05) is 25.1 Å². The van der Waals surface area contributed by atoms with Crippen molar-refractivity contribution in [1.82, 2.24) is 4.90 Å². The largest absolute Gasteiger partial charge is 0.484 e. The third-order valence-corrected chi connectivity index (χ3v) is 5.03. The summed E-state index contributed by atoms with van der Waals surface area (Å²) < 4.78 is 11.0. The highest BCUT2D eigenvalue weighted by atomic mass is 32.1. The Kier molecular flexibility index (Phi) is 6.08. The van der Waals surface area contributed by atoms with Crippen LogP contribution >= 0.6 is 11.3 Å². The number of aryl methyl sites for hydroxylation is 1. The molecule has 0 N–H and O–H groups in total. The molecule has 0 saturated carbocycles. The lowest BCUT2D eigenvalue weighted by Gasteiger charge is -2.21. The molecule has 0 aliphatic carbocycles. The molecular weight excluding hydrogens is 362 g/mol. The molecule has 2 heterocycles. The zero-order valence-corrected chi connectivity index (χ0v) is 16.1. The first-order valence-corrected chi connectivity index (χ1v) is 9.42. The van der Waals surface area contributed by atoms with E-state index in [4.69, 9.17) is 9.15 Å². The molecule has 6 heteroatoms. The molecule has 3 rings (SSSR count). The van der Waals surface area contributed by atoms with E-state index in [1.165, 1.54) is 11.8 Å². The molecule has 3 aromatic rings. The lowest BCUT2D eigenvalue weighted by molar-refractivity contribution is -0.134. The van der Waals surface area contributed by atoms with Crippen molar-refractivity contribution in [1.29, 1.82) is 0 Å². The number of thiophene rings is 1. The maximum atomic E-state index is 12.7. The van der Waals surface area contributed by atoms with Crippen LogP contribution in [0, 0.1) is 6.92 Å². The van der Waals surface area contributed by atoms with Crippen LogP contribution in [0.5, 0.6) is 5.75 Å². The molecule has 27 heavy (non-hydrogen) atoms. The fourth-order valence-corrected chi connectivity index (χ4v) is 3.51. The third kappa shape index (κ3) is 5.31. The standard InChI is InChI=1S/C21H21NO4S/c1-15-5-10-20(27-15)13-22(12-19-4-3-11-25-19)21(24)14-26-18-8-6-17(7-9-18)16(2)23/h3-11H,12-14H2,1-2H3. The molecule has 2 aromatic heterocycles. The normalized spacial score (nSPS) is 10.6. The van der Waals surface area contributed by atoms with Crippen LogP contribution in [0.3, 0.4) is 0 Å². The first-order chi connectivity index (χ1) is 13.0. The van der Waals surface area contributed by atoms with Gasteiger partial charge in [-0.05, 0) is 62.4 Å². The lowest BCUT2D eigenvalue weighted by Crippen LogP contribution is -2.33. The van der Waals surface area contributed by atoms with Crippen LogP contribution in [0.25, 0.3) is 0 Å². The fourth-order valence-electron chi connectivity index (χ4n) is 2.60. The van der Waals surface area contributed by atoms with Gasteiger partial charge in [0, 0.05) is 15.3 Å². The van der Waals surface area contributed by atoms with Crippen LogP contribution in [-0.4, -0.2) is 23.2 Å². The Bertz CT molecular complexity index is 897. The highest BCUT2D eigenvalue weighted by Gasteiger charge is 2.17. The maximum Gasteiger partial charge on any atom is 0.261 e. The van der Waals surface area contributed by atoms with Crippen molar-refractivity contribution in [3.63, 3.8) is 0 Å².